The Balaban J connectivity index is 2.02. The van der Waals surface area contributed by atoms with Crippen molar-refractivity contribution in [3.8, 4) is 0 Å². The molecule has 0 spiro atoms. The fraction of sp³-hybridized carbons (Fsp3) is 0.467. The Morgan fingerprint density at radius 2 is 1.90 bits per heavy atom. The van der Waals surface area contributed by atoms with Crippen molar-refractivity contribution in [2.24, 2.45) is 0 Å². The second kappa shape index (κ2) is 6.05. The van der Waals surface area contributed by atoms with Crippen LogP contribution in [0.2, 0.25) is 0 Å². The maximum Gasteiger partial charge on any atom is 0.150 e. The van der Waals surface area contributed by atoms with Gasteiger partial charge in [-0.25, -0.2) is 19.9 Å². The van der Waals surface area contributed by atoms with E-state index in [1.54, 1.807) is 12.4 Å². The Kier molecular flexibility index (Phi) is 4.14. The summed E-state index contributed by atoms with van der Waals surface area (Å²) < 4.78 is 0.968. The van der Waals surface area contributed by atoms with Crippen LogP contribution in [0.15, 0.2) is 22.9 Å². The summed E-state index contributed by atoms with van der Waals surface area (Å²) in [5, 5.41) is 0. The number of aryl methyl sites for hydroxylation is 2. The van der Waals surface area contributed by atoms with E-state index in [1.165, 1.54) is 6.42 Å². The number of rotatable bonds is 2. The van der Waals surface area contributed by atoms with Crippen molar-refractivity contribution in [3.63, 3.8) is 0 Å². The maximum atomic E-state index is 4.65. The number of piperidine rings is 1. The lowest BCUT2D eigenvalue weighted by molar-refractivity contribution is 0.451. The summed E-state index contributed by atoms with van der Waals surface area (Å²) in [4.78, 5) is 20.2. The molecule has 1 aliphatic rings. The molecule has 1 fully saturated rings. The highest BCUT2D eigenvalue weighted by atomic mass is 79.9. The average Bonchev–Trinajstić information content (AvgIpc) is 2.52. The summed E-state index contributed by atoms with van der Waals surface area (Å²) >= 11 is 3.64. The minimum atomic E-state index is 0.185. The van der Waals surface area contributed by atoms with E-state index in [-0.39, 0.29) is 6.04 Å². The molecule has 2 aromatic heterocycles. The first-order valence-corrected chi connectivity index (χ1v) is 8.00. The molecular formula is C15H18BrN5. The lowest BCUT2D eigenvalue weighted by atomic mass is 10.0. The Labute approximate surface area is 133 Å². The van der Waals surface area contributed by atoms with Crippen LogP contribution in [-0.2, 0) is 0 Å². The molecule has 1 aliphatic heterocycles. The Morgan fingerprint density at radius 1 is 1.14 bits per heavy atom. The molecule has 5 nitrogen and oxygen atoms in total. The molecule has 1 saturated heterocycles. The molecule has 21 heavy (non-hydrogen) atoms. The maximum absolute atomic E-state index is 4.65. The third-order valence-electron chi connectivity index (χ3n) is 3.77. The average molecular weight is 348 g/mol. The highest BCUT2D eigenvalue weighted by molar-refractivity contribution is 9.10. The summed E-state index contributed by atoms with van der Waals surface area (Å²) in [7, 11) is 0. The van der Waals surface area contributed by atoms with Crippen molar-refractivity contribution in [1.29, 1.82) is 0 Å². The molecule has 0 radical (unpaired) electrons. The zero-order valence-corrected chi connectivity index (χ0v) is 13.8. The number of hydrogen-bond acceptors (Lipinski definition) is 5. The Bertz CT molecular complexity index is 631. The van der Waals surface area contributed by atoms with E-state index in [2.05, 4.69) is 40.8 Å². The van der Waals surface area contributed by atoms with Gasteiger partial charge in [-0.15, -0.1) is 0 Å². The first-order chi connectivity index (χ1) is 10.2. The van der Waals surface area contributed by atoms with Gasteiger partial charge in [0, 0.05) is 18.9 Å². The van der Waals surface area contributed by atoms with Crippen LogP contribution >= 0.6 is 15.9 Å². The molecule has 110 valence electrons. The van der Waals surface area contributed by atoms with E-state index in [9.17, 15) is 0 Å². The number of hydrogen-bond donors (Lipinski definition) is 0. The van der Waals surface area contributed by atoms with Crippen LogP contribution < -0.4 is 4.90 Å². The van der Waals surface area contributed by atoms with Gasteiger partial charge in [0.25, 0.3) is 0 Å². The topological polar surface area (TPSA) is 54.8 Å². The van der Waals surface area contributed by atoms with Crippen LogP contribution in [0.3, 0.4) is 0 Å². The van der Waals surface area contributed by atoms with Gasteiger partial charge in [0.05, 0.1) is 16.2 Å². The zero-order valence-electron chi connectivity index (χ0n) is 12.3. The molecule has 0 N–H and O–H groups in total. The van der Waals surface area contributed by atoms with Crippen LogP contribution in [0.1, 0.15) is 42.6 Å². The molecule has 3 rings (SSSR count). The molecule has 0 aromatic carbocycles. The fourth-order valence-electron chi connectivity index (χ4n) is 2.81. The van der Waals surface area contributed by atoms with Crippen molar-refractivity contribution < 1.29 is 0 Å². The highest BCUT2D eigenvalue weighted by Crippen LogP contribution is 2.36. The van der Waals surface area contributed by atoms with Crippen LogP contribution in [-0.4, -0.2) is 26.5 Å². The molecular weight excluding hydrogens is 330 g/mol. The van der Waals surface area contributed by atoms with Crippen molar-refractivity contribution in [1.82, 2.24) is 19.9 Å². The molecule has 1 atom stereocenters. The summed E-state index contributed by atoms with van der Waals surface area (Å²) in [6.45, 7) is 4.90. The summed E-state index contributed by atoms with van der Waals surface area (Å²) in [5.41, 5.74) is 0.968. The normalized spacial score (nSPS) is 18.8. The van der Waals surface area contributed by atoms with E-state index in [0.29, 0.717) is 0 Å². The molecule has 6 heteroatoms. The summed E-state index contributed by atoms with van der Waals surface area (Å²) in [6.07, 6.45) is 7.03. The van der Waals surface area contributed by atoms with Crippen molar-refractivity contribution >= 4 is 21.7 Å². The second-order valence-electron chi connectivity index (χ2n) is 5.31. The van der Waals surface area contributed by atoms with Crippen molar-refractivity contribution in [2.75, 3.05) is 11.4 Å². The summed E-state index contributed by atoms with van der Waals surface area (Å²) in [5.74, 6) is 2.62. The lowest BCUT2D eigenvalue weighted by Crippen LogP contribution is -2.35. The smallest absolute Gasteiger partial charge is 0.150 e. The minimum absolute atomic E-state index is 0.185. The third-order valence-corrected chi connectivity index (χ3v) is 4.70. The first-order valence-electron chi connectivity index (χ1n) is 7.21. The van der Waals surface area contributed by atoms with E-state index in [1.807, 2.05) is 19.9 Å². The van der Waals surface area contributed by atoms with Gasteiger partial charge in [0.15, 0.2) is 5.82 Å². The van der Waals surface area contributed by atoms with Gasteiger partial charge in [-0.2, -0.15) is 0 Å². The molecule has 0 aliphatic carbocycles. The van der Waals surface area contributed by atoms with Crippen LogP contribution in [0.4, 0.5) is 5.82 Å². The molecule has 0 saturated carbocycles. The minimum Gasteiger partial charge on any atom is -0.345 e. The van der Waals surface area contributed by atoms with Gasteiger partial charge in [0.1, 0.15) is 11.6 Å². The Hall–Kier alpha value is -1.56. The molecule has 0 bridgehead atoms. The number of nitrogens with zero attached hydrogens (tertiary/aromatic N) is 5. The number of anilines is 1. The SMILES string of the molecule is Cc1nc(C)c(Br)c(N2CCCCC2c2ncccn2)n1. The van der Waals surface area contributed by atoms with Crippen molar-refractivity contribution in [2.45, 2.75) is 39.2 Å². The van der Waals surface area contributed by atoms with Gasteiger partial charge in [-0.1, -0.05) is 0 Å². The highest BCUT2D eigenvalue weighted by Gasteiger charge is 2.29. The molecule has 2 aromatic rings. The van der Waals surface area contributed by atoms with Gasteiger partial charge >= 0.3 is 0 Å². The van der Waals surface area contributed by atoms with E-state index < -0.39 is 0 Å². The monoisotopic (exact) mass is 347 g/mol. The van der Waals surface area contributed by atoms with Crippen LogP contribution in [0, 0.1) is 13.8 Å². The number of aromatic nitrogens is 4. The fourth-order valence-corrected chi connectivity index (χ4v) is 3.21. The van der Waals surface area contributed by atoms with Crippen LogP contribution in [0.5, 0.6) is 0 Å². The van der Waals surface area contributed by atoms with Gasteiger partial charge in [-0.3, -0.25) is 0 Å². The lowest BCUT2D eigenvalue weighted by Gasteiger charge is -2.36. The second-order valence-corrected chi connectivity index (χ2v) is 6.10. The molecule has 0 amide bonds. The largest absolute Gasteiger partial charge is 0.345 e. The first kappa shape index (κ1) is 14.4. The van der Waals surface area contributed by atoms with Gasteiger partial charge in [-0.05, 0) is 55.1 Å². The van der Waals surface area contributed by atoms with Crippen LogP contribution in [0.25, 0.3) is 0 Å². The van der Waals surface area contributed by atoms with E-state index in [0.717, 1.165) is 47.0 Å². The predicted octanol–water partition coefficient (Wildman–Crippen LogP) is 3.38. The quantitative estimate of drug-likeness (QED) is 0.833. The van der Waals surface area contributed by atoms with E-state index in [4.69, 9.17) is 0 Å². The van der Waals surface area contributed by atoms with E-state index >= 15 is 0 Å². The Morgan fingerprint density at radius 3 is 2.67 bits per heavy atom. The molecule has 1 unspecified atom stereocenters. The van der Waals surface area contributed by atoms with Gasteiger partial charge in [0.2, 0.25) is 0 Å². The number of halogens is 1. The zero-order chi connectivity index (χ0) is 14.8. The molecule has 3 heterocycles. The predicted molar refractivity (Wildman–Crippen MR) is 85.2 cm³/mol. The standard InChI is InChI=1S/C15H18BrN5/c1-10-13(16)15(20-11(2)19-10)21-9-4-3-6-12(21)14-17-7-5-8-18-14/h5,7-8,12H,3-4,6,9H2,1-2H3. The van der Waals surface area contributed by atoms with Gasteiger partial charge < -0.3 is 4.90 Å². The van der Waals surface area contributed by atoms with Crippen molar-refractivity contribution in [3.05, 3.63) is 40.3 Å². The summed E-state index contributed by atoms with van der Waals surface area (Å²) in [6, 6.07) is 2.04. The third kappa shape index (κ3) is 2.90.